The first-order valence-corrected chi connectivity index (χ1v) is 9.35. The molecule has 0 radical (unpaired) electrons. The highest BCUT2D eigenvalue weighted by atomic mass is 16.5. The lowest BCUT2D eigenvalue weighted by atomic mass is 10.1. The maximum Gasteiger partial charge on any atom is 0.223 e. The van der Waals surface area contributed by atoms with Gasteiger partial charge in [-0.3, -0.25) is 19.6 Å². The summed E-state index contributed by atoms with van der Waals surface area (Å²) < 4.78 is 5.10. The van der Waals surface area contributed by atoms with Gasteiger partial charge in [0.05, 0.1) is 36.3 Å². The summed E-state index contributed by atoms with van der Waals surface area (Å²) in [5.41, 5.74) is 2.38. The van der Waals surface area contributed by atoms with Crippen molar-refractivity contribution in [1.82, 2.24) is 25.8 Å². The number of amides is 2. The van der Waals surface area contributed by atoms with Gasteiger partial charge in [0.2, 0.25) is 11.8 Å². The minimum Gasteiger partial charge on any atom is -0.391 e. The molecule has 0 aromatic carbocycles. The van der Waals surface area contributed by atoms with Crippen LogP contribution >= 0.6 is 0 Å². The van der Waals surface area contributed by atoms with Gasteiger partial charge in [0, 0.05) is 30.3 Å². The number of hydrogen-bond acceptors (Lipinski definition) is 7. The molecule has 3 rings (SSSR count). The van der Waals surface area contributed by atoms with E-state index in [9.17, 15) is 14.7 Å². The Kier molecular flexibility index (Phi) is 6.35. The fourth-order valence-electron chi connectivity index (χ4n) is 3.50. The van der Waals surface area contributed by atoms with Crippen molar-refractivity contribution in [2.45, 2.75) is 58.2 Å². The van der Waals surface area contributed by atoms with Crippen molar-refractivity contribution >= 4 is 11.8 Å². The Balaban J connectivity index is 1.45. The van der Waals surface area contributed by atoms with Crippen molar-refractivity contribution in [2.75, 3.05) is 0 Å². The van der Waals surface area contributed by atoms with E-state index < -0.39 is 12.1 Å². The molecule has 2 aromatic rings. The maximum absolute atomic E-state index is 12.4. The zero-order chi connectivity index (χ0) is 20.1. The molecule has 1 fully saturated rings. The number of aromatic nitrogens is 3. The highest BCUT2D eigenvalue weighted by Gasteiger charge is 2.37. The van der Waals surface area contributed by atoms with Gasteiger partial charge in [-0.1, -0.05) is 5.16 Å². The monoisotopic (exact) mass is 387 g/mol. The van der Waals surface area contributed by atoms with Crippen LogP contribution in [0.5, 0.6) is 0 Å². The number of rotatable bonds is 7. The summed E-state index contributed by atoms with van der Waals surface area (Å²) in [7, 11) is 0. The second kappa shape index (κ2) is 8.92. The Bertz CT molecular complexity index is 803. The van der Waals surface area contributed by atoms with E-state index in [2.05, 4.69) is 25.8 Å². The molecule has 1 aliphatic carbocycles. The first-order valence-electron chi connectivity index (χ1n) is 9.35. The summed E-state index contributed by atoms with van der Waals surface area (Å²) in [6.45, 7) is 3.95. The molecular weight excluding hydrogens is 362 g/mol. The van der Waals surface area contributed by atoms with Crippen LogP contribution in [0.4, 0.5) is 0 Å². The van der Waals surface area contributed by atoms with Crippen LogP contribution in [0.1, 0.15) is 42.0 Å². The first kappa shape index (κ1) is 19.9. The molecule has 0 aliphatic heterocycles. The smallest absolute Gasteiger partial charge is 0.223 e. The molecule has 2 aromatic heterocycles. The predicted molar refractivity (Wildman–Crippen MR) is 98.8 cm³/mol. The Morgan fingerprint density at radius 1 is 1.29 bits per heavy atom. The summed E-state index contributed by atoms with van der Waals surface area (Å²) in [4.78, 5) is 32.7. The molecule has 150 valence electrons. The van der Waals surface area contributed by atoms with E-state index in [1.54, 1.807) is 18.6 Å². The molecule has 2 amide bonds. The lowest BCUT2D eigenvalue weighted by Gasteiger charge is -2.16. The van der Waals surface area contributed by atoms with Crippen molar-refractivity contribution in [3.05, 3.63) is 41.3 Å². The quantitative estimate of drug-likeness (QED) is 0.634. The van der Waals surface area contributed by atoms with Crippen LogP contribution in [-0.4, -0.2) is 44.2 Å². The number of nitrogens with zero attached hydrogens (tertiary/aromatic N) is 3. The SMILES string of the molecule is Cc1noc(C)c1CCC(=O)N[C@H]1C[C@H](C(=O)NCc2cnccn2)C[C@@H]1O. The van der Waals surface area contributed by atoms with Crippen LogP contribution in [0.2, 0.25) is 0 Å². The number of aryl methyl sites for hydroxylation is 2. The number of carbonyl (C=O) groups is 2. The van der Waals surface area contributed by atoms with Gasteiger partial charge < -0.3 is 20.3 Å². The van der Waals surface area contributed by atoms with Gasteiger partial charge in [0.25, 0.3) is 0 Å². The van der Waals surface area contributed by atoms with Gasteiger partial charge in [-0.05, 0) is 33.1 Å². The van der Waals surface area contributed by atoms with Gasteiger partial charge in [-0.15, -0.1) is 0 Å². The topological polar surface area (TPSA) is 130 Å². The van der Waals surface area contributed by atoms with Crippen LogP contribution < -0.4 is 10.6 Å². The molecule has 0 unspecified atom stereocenters. The van der Waals surface area contributed by atoms with Crippen molar-refractivity contribution in [1.29, 1.82) is 0 Å². The molecule has 1 aliphatic rings. The summed E-state index contributed by atoms with van der Waals surface area (Å²) in [5, 5.41) is 19.8. The summed E-state index contributed by atoms with van der Waals surface area (Å²) in [5.74, 6) is 0.0485. The predicted octanol–water partition coefficient (Wildman–Crippen LogP) is 0.586. The number of nitrogens with one attached hydrogen (secondary N) is 2. The fourth-order valence-corrected chi connectivity index (χ4v) is 3.50. The molecule has 28 heavy (non-hydrogen) atoms. The Labute approximate surface area is 162 Å². The molecular formula is C19H25N5O4. The van der Waals surface area contributed by atoms with E-state index in [0.717, 1.165) is 11.3 Å². The van der Waals surface area contributed by atoms with E-state index in [1.807, 2.05) is 13.8 Å². The van der Waals surface area contributed by atoms with Gasteiger partial charge in [-0.2, -0.15) is 0 Å². The zero-order valence-corrected chi connectivity index (χ0v) is 16.0. The lowest BCUT2D eigenvalue weighted by molar-refractivity contribution is -0.125. The Morgan fingerprint density at radius 2 is 2.11 bits per heavy atom. The van der Waals surface area contributed by atoms with E-state index in [4.69, 9.17) is 4.52 Å². The Morgan fingerprint density at radius 3 is 2.79 bits per heavy atom. The standard InChI is InChI=1S/C19H25N5O4/c1-11-15(12(2)28-24-11)3-4-18(26)23-16-7-13(8-17(16)25)19(27)22-10-14-9-20-5-6-21-14/h5-6,9,13,16-17,25H,3-4,7-8,10H2,1-2H3,(H,22,27)(H,23,26)/t13-,16-,17-/m0/s1. The largest absolute Gasteiger partial charge is 0.391 e. The number of aliphatic hydroxyl groups is 1. The van der Waals surface area contributed by atoms with Crippen LogP contribution in [0.15, 0.2) is 23.1 Å². The van der Waals surface area contributed by atoms with E-state index in [1.165, 1.54) is 0 Å². The molecule has 0 spiro atoms. The normalized spacial score (nSPS) is 21.5. The average molecular weight is 387 g/mol. The molecule has 0 saturated heterocycles. The lowest BCUT2D eigenvalue weighted by Crippen LogP contribution is -2.40. The molecule has 2 heterocycles. The van der Waals surface area contributed by atoms with Crippen LogP contribution in [0, 0.1) is 19.8 Å². The molecule has 3 N–H and O–H groups in total. The molecule has 0 bridgehead atoms. The van der Waals surface area contributed by atoms with Crippen molar-refractivity contribution in [3.63, 3.8) is 0 Å². The second-order valence-electron chi connectivity index (χ2n) is 7.13. The molecule has 1 saturated carbocycles. The third-order valence-electron chi connectivity index (χ3n) is 5.09. The Hall–Kier alpha value is -2.81. The highest BCUT2D eigenvalue weighted by molar-refractivity contribution is 5.80. The third kappa shape index (κ3) is 4.92. The summed E-state index contributed by atoms with van der Waals surface area (Å²) in [6, 6.07) is -0.426. The highest BCUT2D eigenvalue weighted by Crippen LogP contribution is 2.26. The van der Waals surface area contributed by atoms with Gasteiger partial charge in [-0.25, -0.2) is 0 Å². The van der Waals surface area contributed by atoms with E-state index in [0.29, 0.717) is 30.7 Å². The third-order valence-corrected chi connectivity index (χ3v) is 5.09. The number of hydrogen-bond donors (Lipinski definition) is 3. The molecule has 9 heteroatoms. The van der Waals surface area contributed by atoms with Gasteiger partial charge >= 0.3 is 0 Å². The van der Waals surface area contributed by atoms with Crippen molar-refractivity contribution < 1.29 is 19.2 Å². The minimum atomic E-state index is -0.740. The number of aliphatic hydroxyl groups excluding tert-OH is 1. The average Bonchev–Trinajstić information content (AvgIpc) is 3.21. The van der Waals surface area contributed by atoms with E-state index >= 15 is 0 Å². The van der Waals surface area contributed by atoms with Gasteiger partial charge in [0.15, 0.2) is 0 Å². The minimum absolute atomic E-state index is 0.155. The second-order valence-corrected chi connectivity index (χ2v) is 7.13. The van der Waals surface area contributed by atoms with Crippen molar-refractivity contribution in [3.8, 4) is 0 Å². The van der Waals surface area contributed by atoms with Gasteiger partial charge in [0.1, 0.15) is 5.76 Å². The number of carbonyl (C=O) groups excluding carboxylic acids is 2. The summed E-state index contributed by atoms with van der Waals surface area (Å²) >= 11 is 0. The fraction of sp³-hybridized carbons (Fsp3) is 0.526. The zero-order valence-electron chi connectivity index (χ0n) is 16.0. The van der Waals surface area contributed by atoms with Crippen LogP contribution in [0.3, 0.4) is 0 Å². The summed E-state index contributed by atoms with van der Waals surface area (Å²) in [6.07, 6.45) is 5.51. The van der Waals surface area contributed by atoms with E-state index in [-0.39, 0.29) is 30.7 Å². The van der Waals surface area contributed by atoms with Crippen molar-refractivity contribution in [2.24, 2.45) is 5.92 Å². The molecule has 9 nitrogen and oxygen atoms in total. The maximum atomic E-state index is 12.4. The molecule has 3 atom stereocenters. The van der Waals surface area contributed by atoms with Crippen LogP contribution in [-0.2, 0) is 22.6 Å². The first-order chi connectivity index (χ1) is 13.4. The van der Waals surface area contributed by atoms with Crippen LogP contribution in [0.25, 0.3) is 0 Å².